The molecular weight excluding hydrogens is 216 g/mol. The number of cyclic esters (lactones) is 1. The maximum absolute atomic E-state index is 11.4. The highest BCUT2D eigenvalue weighted by molar-refractivity contribution is 6.03. The van der Waals surface area contributed by atoms with Gasteiger partial charge in [0.15, 0.2) is 0 Å². The number of carbonyl (C=O) groups excluding carboxylic acids is 3. The standard InChI is InChI=1S/C10H12O6/c1-14-8(11)5-7(9(12)15-2)6-3-4-16-10(6)13/h3-5H2,1-2H3/b7-6+. The number of methoxy groups -OCH3 is 2. The van der Waals surface area contributed by atoms with Crippen LogP contribution in [-0.2, 0) is 28.6 Å². The molecule has 0 aliphatic carbocycles. The molecule has 0 atom stereocenters. The van der Waals surface area contributed by atoms with E-state index in [4.69, 9.17) is 4.74 Å². The monoisotopic (exact) mass is 228 g/mol. The number of carbonyl (C=O) groups is 3. The van der Waals surface area contributed by atoms with Crippen molar-refractivity contribution in [2.45, 2.75) is 12.8 Å². The van der Waals surface area contributed by atoms with Gasteiger partial charge in [-0.25, -0.2) is 9.59 Å². The van der Waals surface area contributed by atoms with Crippen molar-refractivity contribution in [3.8, 4) is 0 Å². The van der Waals surface area contributed by atoms with Gasteiger partial charge in [0, 0.05) is 6.42 Å². The highest BCUT2D eigenvalue weighted by Gasteiger charge is 2.28. The lowest BCUT2D eigenvalue weighted by Crippen LogP contribution is -2.15. The molecule has 0 radical (unpaired) electrons. The van der Waals surface area contributed by atoms with Gasteiger partial charge < -0.3 is 14.2 Å². The number of ether oxygens (including phenoxy) is 3. The molecule has 1 aliphatic heterocycles. The molecule has 0 spiro atoms. The van der Waals surface area contributed by atoms with Crippen molar-refractivity contribution in [3.63, 3.8) is 0 Å². The van der Waals surface area contributed by atoms with Gasteiger partial charge in [0.25, 0.3) is 0 Å². The van der Waals surface area contributed by atoms with Crippen molar-refractivity contribution in [1.29, 1.82) is 0 Å². The Morgan fingerprint density at radius 2 is 2.00 bits per heavy atom. The molecule has 0 aromatic heterocycles. The zero-order valence-electron chi connectivity index (χ0n) is 9.07. The molecule has 16 heavy (non-hydrogen) atoms. The topological polar surface area (TPSA) is 78.9 Å². The van der Waals surface area contributed by atoms with E-state index >= 15 is 0 Å². The van der Waals surface area contributed by atoms with Crippen LogP contribution in [0.4, 0.5) is 0 Å². The van der Waals surface area contributed by atoms with E-state index in [0.717, 1.165) is 0 Å². The zero-order valence-corrected chi connectivity index (χ0v) is 9.07. The number of hydrogen-bond donors (Lipinski definition) is 0. The summed E-state index contributed by atoms with van der Waals surface area (Å²) in [5.41, 5.74) is 0.203. The zero-order chi connectivity index (χ0) is 12.1. The van der Waals surface area contributed by atoms with Crippen molar-refractivity contribution >= 4 is 17.9 Å². The van der Waals surface area contributed by atoms with Gasteiger partial charge in [-0.05, 0) is 0 Å². The van der Waals surface area contributed by atoms with E-state index in [2.05, 4.69) is 9.47 Å². The van der Waals surface area contributed by atoms with E-state index in [-0.39, 0.29) is 24.2 Å². The SMILES string of the molecule is COC(=O)C/C(C(=O)OC)=C1/CCOC1=O. The highest BCUT2D eigenvalue weighted by atomic mass is 16.5. The minimum absolute atomic E-state index is 0.0110. The third-order valence-electron chi connectivity index (χ3n) is 2.18. The third kappa shape index (κ3) is 2.59. The summed E-state index contributed by atoms with van der Waals surface area (Å²) in [6.45, 7) is 0.218. The second kappa shape index (κ2) is 5.29. The normalized spacial score (nSPS) is 17.8. The molecule has 6 nitrogen and oxygen atoms in total. The molecular formula is C10H12O6. The fourth-order valence-corrected chi connectivity index (χ4v) is 1.35. The summed E-state index contributed by atoms with van der Waals surface area (Å²) in [5, 5.41) is 0. The summed E-state index contributed by atoms with van der Waals surface area (Å²) in [6, 6.07) is 0. The van der Waals surface area contributed by atoms with Gasteiger partial charge in [-0.15, -0.1) is 0 Å². The summed E-state index contributed by atoms with van der Waals surface area (Å²) in [6.07, 6.45) is 0.0217. The van der Waals surface area contributed by atoms with Crippen LogP contribution in [0.3, 0.4) is 0 Å². The number of esters is 3. The van der Waals surface area contributed by atoms with Crippen LogP contribution in [0.2, 0.25) is 0 Å². The van der Waals surface area contributed by atoms with Crippen LogP contribution in [0.15, 0.2) is 11.1 Å². The smallest absolute Gasteiger partial charge is 0.334 e. The Bertz CT molecular complexity index is 354. The lowest BCUT2D eigenvalue weighted by atomic mass is 10.0. The summed E-state index contributed by atoms with van der Waals surface area (Å²) in [4.78, 5) is 33.8. The molecule has 0 N–H and O–H groups in total. The second-order valence-corrected chi connectivity index (χ2v) is 3.09. The number of hydrogen-bond acceptors (Lipinski definition) is 6. The molecule has 1 rings (SSSR count). The molecule has 88 valence electrons. The highest BCUT2D eigenvalue weighted by Crippen LogP contribution is 2.21. The molecule has 1 saturated heterocycles. The maximum atomic E-state index is 11.4. The summed E-state index contributed by atoms with van der Waals surface area (Å²) in [7, 11) is 2.38. The Balaban J connectivity index is 2.99. The van der Waals surface area contributed by atoms with Gasteiger partial charge in [0.2, 0.25) is 0 Å². The predicted octanol–water partition coefficient (Wildman–Crippen LogP) is -0.0340. The lowest BCUT2D eigenvalue weighted by molar-refractivity contribution is -0.143. The first-order valence-corrected chi connectivity index (χ1v) is 4.64. The van der Waals surface area contributed by atoms with E-state index in [1.54, 1.807) is 0 Å². The van der Waals surface area contributed by atoms with E-state index in [1.807, 2.05) is 0 Å². The molecule has 1 heterocycles. The minimum atomic E-state index is -0.709. The van der Waals surface area contributed by atoms with Crippen LogP contribution in [0, 0.1) is 0 Å². The quantitative estimate of drug-likeness (QED) is 0.383. The average molecular weight is 228 g/mol. The maximum Gasteiger partial charge on any atom is 0.334 e. The predicted molar refractivity (Wildman–Crippen MR) is 51.3 cm³/mol. The minimum Gasteiger partial charge on any atom is -0.469 e. The van der Waals surface area contributed by atoms with Crippen LogP contribution in [0.1, 0.15) is 12.8 Å². The van der Waals surface area contributed by atoms with Gasteiger partial charge in [-0.2, -0.15) is 0 Å². The van der Waals surface area contributed by atoms with Crippen LogP contribution in [-0.4, -0.2) is 38.7 Å². The first kappa shape index (κ1) is 12.2. The molecule has 1 aliphatic rings. The Kier molecular flexibility index (Phi) is 4.04. The van der Waals surface area contributed by atoms with Crippen molar-refractivity contribution in [2.24, 2.45) is 0 Å². The summed E-state index contributed by atoms with van der Waals surface area (Å²) < 4.78 is 13.6. The molecule has 0 saturated carbocycles. The largest absolute Gasteiger partial charge is 0.469 e. The van der Waals surface area contributed by atoms with Crippen LogP contribution in [0.25, 0.3) is 0 Å². The number of rotatable bonds is 3. The van der Waals surface area contributed by atoms with Crippen molar-refractivity contribution in [2.75, 3.05) is 20.8 Å². The van der Waals surface area contributed by atoms with Crippen molar-refractivity contribution in [3.05, 3.63) is 11.1 Å². The van der Waals surface area contributed by atoms with E-state index in [0.29, 0.717) is 6.42 Å². The van der Waals surface area contributed by atoms with Crippen LogP contribution >= 0.6 is 0 Å². The van der Waals surface area contributed by atoms with E-state index in [9.17, 15) is 14.4 Å². The van der Waals surface area contributed by atoms with Gasteiger partial charge in [0.1, 0.15) is 0 Å². The van der Waals surface area contributed by atoms with Gasteiger partial charge >= 0.3 is 17.9 Å². The Hall–Kier alpha value is -1.85. The molecule has 0 aromatic rings. The second-order valence-electron chi connectivity index (χ2n) is 3.09. The third-order valence-corrected chi connectivity index (χ3v) is 2.18. The van der Waals surface area contributed by atoms with E-state index in [1.165, 1.54) is 14.2 Å². The average Bonchev–Trinajstić information content (AvgIpc) is 2.70. The van der Waals surface area contributed by atoms with Crippen LogP contribution in [0.5, 0.6) is 0 Å². The Morgan fingerprint density at radius 1 is 1.31 bits per heavy atom. The molecule has 0 aromatic carbocycles. The van der Waals surface area contributed by atoms with Gasteiger partial charge in [0.05, 0.1) is 38.4 Å². The fraction of sp³-hybridized carbons (Fsp3) is 0.500. The van der Waals surface area contributed by atoms with Gasteiger partial charge in [-0.1, -0.05) is 0 Å². The Morgan fingerprint density at radius 3 is 2.44 bits per heavy atom. The molecule has 1 fully saturated rings. The fourth-order valence-electron chi connectivity index (χ4n) is 1.35. The summed E-state index contributed by atoms with van der Waals surface area (Å²) >= 11 is 0. The van der Waals surface area contributed by atoms with Gasteiger partial charge in [-0.3, -0.25) is 4.79 Å². The van der Waals surface area contributed by atoms with Crippen molar-refractivity contribution in [1.82, 2.24) is 0 Å². The van der Waals surface area contributed by atoms with Crippen molar-refractivity contribution < 1.29 is 28.6 Å². The molecule has 6 heteroatoms. The Labute approximate surface area is 92.2 Å². The molecule has 0 bridgehead atoms. The molecule has 0 amide bonds. The lowest BCUT2D eigenvalue weighted by Gasteiger charge is -2.06. The molecule has 0 unspecified atom stereocenters. The summed E-state index contributed by atoms with van der Waals surface area (Å²) in [5.74, 6) is -1.89. The van der Waals surface area contributed by atoms with E-state index < -0.39 is 17.9 Å². The first-order chi connectivity index (χ1) is 7.60. The van der Waals surface area contributed by atoms with Crippen LogP contribution < -0.4 is 0 Å². The first-order valence-electron chi connectivity index (χ1n) is 4.64.